The Labute approximate surface area is 88.6 Å². The molecule has 0 spiro atoms. The van der Waals surface area contributed by atoms with Crippen molar-refractivity contribution in [2.45, 2.75) is 26.4 Å². The average molecular weight is 205 g/mol. The van der Waals surface area contributed by atoms with Crippen LogP contribution in [-0.4, -0.2) is 19.5 Å². The minimum Gasteiger partial charge on any atom is -0.347 e. The fraction of sp³-hybridized carbons (Fsp3) is 0.400. The number of anilines is 1. The zero-order valence-electron chi connectivity index (χ0n) is 8.94. The van der Waals surface area contributed by atoms with E-state index in [2.05, 4.69) is 31.8 Å². The Morgan fingerprint density at radius 3 is 3.00 bits per heavy atom. The molecule has 1 atom stereocenters. The molecule has 2 N–H and O–H groups in total. The second-order valence-corrected chi connectivity index (χ2v) is 3.38. The molecule has 0 aliphatic heterocycles. The van der Waals surface area contributed by atoms with Gasteiger partial charge in [0, 0.05) is 31.3 Å². The van der Waals surface area contributed by atoms with Crippen LogP contribution in [0, 0.1) is 0 Å². The van der Waals surface area contributed by atoms with Crippen LogP contribution in [0.3, 0.4) is 0 Å². The Morgan fingerprint density at radius 2 is 2.33 bits per heavy atom. The molecule has 0 aliphatic carbocycles. The zero-order chi connectivity index (χ0) is 10.7. The maximum absolute atomic E-state index is 4.25. The van der Waals surface area contributed by atoms with Gasteiger partial charge in [-0.2, -0.15) is 0 Å². The molecule has 0 saturated heterocycles. The quantitative estimate of drug-likeness (QED) is 0.800. The van der Waals surface area contributed by atoms with E-state index in [-0.39, 0.29) is 6.04 Å². The van der Waals surface area contributed by atoms with Gasteiger partial charge >= 0.3 is 0 Å². The Kier molecular flexibility index (Phi) is 2.71. The second-order valence-electron chi connectivity index (χ2n) is 3.38. The first kappa shape index (κ1) is 9.76. The lowest BCUT2D eigenvalue weighted by molar-refractivity contribution is 0.729. The van der Waals surface area contributed by atoms with E-state index in [4.69, 9.17) is 0 Å². The molecule has 0 aromatic carbocycles. The highest BCUT2D eigenvalue weighted by atomic mass is 15.2. The van der Waals surface area contributed by atoms with Gasteiger partial charge in [0.1, 0.15) is 5.82 Å². The van der Waals surface area contributed by atoms with Gasteiger partial charge in [0.05, 0.1) is 6.04 Å². The first-order valence-corrected chi connectivity index (χ1v) is 5.08. The topological polar surface area (TPSA) is 58.5 Å². The number of aromatic nitrogens is 4. The van der Waals surface area contributed by atoms with Crippen LogP contribution >= 0.6 is 0 Å². The van der Waals surface area contributed by atoms with E-state index in [9.17, 15) is 0 Å². The Bertz CT molecular complexity index is 403. The standard InChI is InChI=1S/C10H15N5/c1-3-15-7-6-13-10(15)14-8(2)9-11-4-5-12-9/h4-8H,3H2,1-2H3,(H,11,12)(H,13,14). The largest absolute Gasteiger partial charge is 0.347 e. The summed E-state index contributed by atoms with van der Waals surface area (Å²) in [6, 6.07) is 0.132. The SMILES string of the molecule is CCn1ccnc1NC(C)c1ncc[nH]1. The lowest BCUT2D eigenvalue weighted by atomic mass is 10.3. The van der Waals surface area contributed by atoms with Gasteiger partial charge in [-0.15, -0.1) is 0 Å². The van der Waals surface area contributed by atoms with Crippen molar-refractivity contribution in [2.75, 3.05) is 5.32 Å². The highest BCUT2D eigenvalue weighted by molar-refractivity contribution is 5.28. The van der Waals surface area contributed by atoms with Crippen molar-refractivity contribution in [1.82, 2.24) is 19.5 Å². The minimum atomic E-state index is 0.132. The molecule has 80 valence electrons. The van der Waals surface area contributed by atoms with Crippen LogP contribution in [-0.2, 0) is 6.54 Å². The number of H-pyrrole nitrogens is 1. The van der Waals surface area contributed by atoms with Crippen LogP contribution < -0.4 is 5.32 Å². The summed E-state index contributed by atoms with van der Waals surface area (Å²) in [7, 11) is 0. The van der Waals surface area contributed by atoms with Crippen LogP contribution in [0.2, 0.25) is 0 Å². The summed E-state index contributed by atoms with van der Waals surface area (Å²) in [5.74, 6) is 1.79. The third-order valence-electron chi connectivity index (χ3n) is 2.33. The molecular weight excluding hydrogens is 190 g/mol. The maximum Gasteiger partial charge on any atom is 0.203 e. The molecule has 2 rings (SSSR count). The zero-order valence-corrected chi connectivity index (χ0v) is 8.94. The fourth-order valence-electron chi connectivity index (χ4n) is 1.48. The lowest BCUT2D eigenvalue weighted by Crippen LogP contribution is -2.12. The van der Waals surface area contributed by atoms with E-state index in [1.807, 2.05) is 19.3 Å². The van der Waals surface area contributed by atoms with Gasteiger partial charge < -0.3 is 14.9 Å². The van der Waals surface area contributed by atoms with Gasteiger partial charge in [-0.05, 0) is 13.8 Å². The van der Waals surface area contributed by atoms with Crippen LogP contribution in [0.1, 0.15) is 25.7 Å². The Hall–Kier alpha value is -1.78. The van der Waals surface area contributed by atoms with Crippen molar-refractivity contribution in [3.63, 3.8) is 0 Å². The average Bonchev–Trinajstić information content (AvgIpc) is 2.87. The molecule has 0 saturated carbocycles. The van der Waals surface area contributed by atoms with Gasteiger partial charge in [0.2, 0.25) is 5.95 Å². The molecule has 0 bridgehead atoms. The predicted molar refractivity (Wildman–Crippen MR) is 58.5 cm³/mol. The predicted octanol–water partition coefficient (Wildman–Crippen LogP) is 1.80. The summed E-state index contributed by atoms with van der Waals surface area (Å²) in [5, 5.41) is 3.30. The molecule has 2 aromatic rings. The summed E-state index contributed by atoms with van der Waals surface area (Å²) in [6.45, 7) is 5.05. The van der Waals surface area contributed by atoms with Gasteiger partial charge in [0.25, 0.3) is 0 Å². The fourth-order valence-corrected chi connectivity index (χ4v) is 1.48. The van der Waals surface area contributed by atoms with E-state index in [1.165, 1.54) is 0 Å². The maximum atomic E-state index is 4.25. The van der Waals surface area contributed by atoms with Gasteiger partial charge in [-0.25, -0.2) is 9.97 Å². The molecule has 1 unspecified atom stereocenters. The van der Waals surface area contributed by atoms with Crippen LogP contribution in [0.15, 0.2) is 24.8 Å². The van der Waals surface area contributed by atoms with Crippen molar-refractivity contribution in [1.29, 1.82) is 0 Å². The molecule has 0 radical (unpaired) electrons. The molecule has 0 amide bonds. The number of hydrogen-bond donors (Lipinski definition) is 2. The van der Waals surface area contributed by atoms with Crippen LogP contribution in [0.4, 0.5) is 5.95 Å². The highest BCUT2D eigenvalue weighted by Gasteiger charge is 2.09. The van der Waals surface area contributed by atoms with E-state index < -0.39 is 0 Å². The second kappa shape index (κ2) is 4.16. The third-order valence-corrected chi connectivity index (χ3v) is 2.33. The van der Waals surface area contributed by atoms with Gasteiger partial charge in [0.15, 0.2) is 0 Å². The van der Waals surface area contributed by atoms with Crippen LogP contribution in [0.5, 0.6) is 0 Å². The summed E-state index contributed by atoms with van der Waals surface area (Å²) in [4.78, 5) is 11.5. The summed E-state index contributed by atoms with van der Waals surface area (Å²) >= 11 is 0. The summed E-state index contributed by atoms with van der Waals surface area (Å²) < 4.78 is 2.06. The van der Waals surface area contributed by atoms with E-state index in [0.717, 1.165) is 18.3 Å². The number of nitrogens with one attached hydrogen (secondary N) is 2. The van der Waals surface area contributed by atoms with Crippen molar-refractivity contribution in [3.8, 4) is 0 Å². The van der Waals surface area contributed by atoms with Crippen molar-refractivity contribution >= 4 is 5.95 Å². The summed E-state index contributed by atoms with van der Waals surface area (Å²) in [5.41, 5.74) is 0. The monoisotopic (exact) mass is 205 g/mol. The van der Waals surface area contributed by atoms with Crippen molar-refractivity contribution < 1.29 is 0 Å². The number of aromatic amines is 1. The number of nitrogens with zero attached hydrogens (tertiary/aromatic N) is 3. The van der Waals surface area contributed by atoms with E-state index in [0.29, 0.717) is 0 Å². The normalized spacial score (nSPS) is 12.7. The van der Waals surface area contributed by atoms with Gasteiger partial charge in [-0.1, -0.05) is 0 Å². The summed E-state index contributed by atoms with van der Waals surface area (Å²) in [6.07, 6.45) is 7.32. The number of aryl methyl sites for hydroxylation is 1. The number of rotatable bonds is 4. The molecule has 5 heteroatoms. The first-order chi connectivity index (χ1) is 7.31. The van der Waals surface area contributed by atoms with Crippen molar-refractivity contribution in [2.24, 2.45) is 0 Å². The molecule has 15 heavy (non-hydrogen) atoms. The van der Waals surface area contributed by atoms with Gasteiger partial charge in [-0.3, -0.25) is 0 Å². The Balaban J connectivity index is 2.09. The van der Waals surface area contributed by atoms with Crippen molar-refractivity contribution in [3.05, 3.63) is 30.6 Å². The number of imidazole rings is 2. The Morgan fingerprint density at radius 1 is 1.47 bits per heavy atom. The molecule has 5 nitrogen and oxygen atoms in total. The van der Waals surface area contributed by atoms with Crippen LogP contribution in [0.25, 0.3) is 0 Å². The van der Waals surface area contributed by atoms with E-state index in [1.54, 1.807) is 12.4 Å². The lowest BCUT2D eigenvalue weighted by Gasteiger charge is -2.13. The number of hydrogen-bond acceptors (Lipinski definition) is 3. The smallest absolute Gasteiger partial charge is 0.203 e. The first-order valence-electron chi connectivity index (χ1n) is 5.08. The molecule has 0 fully saturated rings. The van der Waals surface area contributed by atoms with E-state index >= 15 is 0 Å². The third kappa shape index (κ3) is 2.01. The molecule has 2 heterocycles. The molecular formula is C10H15N5. The molecule has 0 aliphatic rings. The highest BCUT2D eigenvalue weighted by Crippen LogP contribution is 2.14. The molecule has 2 aromatic heterocycles. The minimum absolute atomic E-state index is 0.132.